The summed E-state index contributed by atoms with van der Waals surface area (Å²) in [6, 6.07) is 0. The van der Waals surface area contributed by atoms with Crippen molar-refractivity contribution in [3.8, 4) is 0 Å². The number of imidazole rings is 1. The summed E-state index contributed by atoms with van der Waals surface area (Å²) in [5.41, 5.74) is 0. The second-order valence-corrected chi connectivity index (χ2v) is 3.29. The van der Waals surface area contributed by atoms with Crippen LogP contribution in [0.5, 0.6) is 0 Å². The van der Waals surface area contributed by atoms with Crippen molar-refractivity contribution in [1.29, 1.82) is 0 Å². The number of carboxylic acids is 2. The van der Waals surface area contributed by atoms with Crippen molar-refractivity contribution in [2.45, 2.75) is 18.8 Å². The lowest BCUT2D eigenvalue weighted by molar-refractivity contribution is -0.139. The molecule has 0 fully saturated rings. The van der Waals surface area contributed by atoms with Crippen LogP contribution in [0.4, 0.5) is 0 Å². The maximum absolute atomic E-state index is 10.6. The second kappa shape index (κ2) is 4.59. The van der Waals surface area contributed by atoms with E-state index in [1.807, 2.05) is 0 Å². The zero-order valence-corrected chi connectivity index (χ0v) is 8.25. The van der Waals surface area contributed by atoms with Gasteiger partial charge in [-0.1, -0.05) is 0 Å². The number of hydrogen-bond acceptors (Lipinski definition) is 3. The number of carbonyl (C=O) groups is 2. The molecule has 0 aromatic carbocycles. The molecule has 0 saturated heterocycles. The van der Waals surface area contributed by atoms with Gasteiger partial charge in [0.15, 0.2) is 0 Å². The summed E-state index contributed by atoms with van der Waals surface area (Å²) in [6.45, 7) is 0. The van der Waals surface area contributed by atoms with E-state index in [0.717, 1.165) is 0 Å². The Kier molecular flexibility index (Phi) is 3.43. The van der Waals surface area contributed by atoms with Crippen molar-refractivity contribution in [3.05, 3.63) is 18.2 Å². The fourth-order valence-electron chi connectivity index (χ4n) is 1.45. The molecule has 0 atom stereocenters. The lowest BCUT2D eigenvalue weighted by Crippen LogP contribution is -2.14. The summed E-state index contributed by atoms with van der Waals surface area (Å²) in [5, 5.41) is 17.3. The summed E-state index contributed by atoms with van der Waals surface area (Å²) in [7, 11) is 1.71. The normalized spacial score (nSPS) is 10.5. The van der Waals surface area contributed by atoms with Gasteiger partial charge in [-0.05, 0) is 0 Å². The van der Waals surface area contributed by atoms with Crippen molar-refractivity contribution < 1.29 is 19.8 Å². The van der Waals surface area contributed by atoms with Crippen LogP contribution in [0.3, 0.4) is 0 Å². The predicted octanol–water partition coefficient (Wildman–Crippen LogP) is 0.453. The van der Waals surface area contributed by atoms with E-state index < -0.39 is 17.9 Å². The summed E-state index contributed by atoms with van der Waals surface area (Å²) in [5.74, 6) is -2.15. The average molecular weight is 212 g/mol. The third-order valence-electron chi connectivity index (χ3n) is 2.07. The molecule has 2 N–H and O–H groups in total. The zero-order valence-electron chi connectivity index (χ0n) is 8.25. The van der Waals surface area contributed by atoms with Gasteiger partial charge < -0.3 is 14.8 Å². The van der Waals surface area contributed by atoms with E-state index in [9.17, 15) is 9.59 Å². The molecule has 0 saturated carbocycles. The molecule has 6 nitrogen and oxygen atoms in total. The highest BCUT2D eigenvalue weighted by molar-refractivity contribution is 5.72. The molecule has 1 heterocycles. The minimum absolute atomic E-state index is 0.225. The van der Waals surface area contributed by atoms with E-state index in [1.165, 1.54) is 6.20 Å². The number of carboxylic acid groups (broad SMARTS) is 2. The molecular weight excluding hydrogens is 200 g/mol. The van der Waals surface area contributed by atoms with Crippen LogP contribution in [0.1, 0.15) is 24.6 Å². The predicted molar refractivity (Wildman–Crippen MR) is 50.5 cm³/mol. The Balaban J connectivity index is 2.85. The van der Waals surface area contributed by atoms with Crippen LogP contribution in [-0.4, -0.2) is 31.7 Å². The van der Waals surface area contributed by atoms with Crippen molar-refractivity contribution in [1.82, 2.24) is 9.55 Å². The second-order valence-electron chi connectivity index (χ2n) is 3.29. The van der Waals surface area contributed by atoms with Gasteiger partial charge in [-0.2, -0.15) is 0 Å². The van der Waals surface area contributed by atoms with E-state index >= 15 is 0 Å². The van der Waals surface area contributed by atoms with E-state index in [4.69, 9.17) is 10.2 Å². The zero-order chi connectivity index (χ0) is 11.4. The van der Waals surface area contributed by atoms with Gasteiger partial charge in [0.2, 0.25) is 0 Å². The lowest BCUT2D eigenvalue weighted by Gasteiger charge is -2.11. The fourth-order valence-corrected chi connectivity index (χ4v) is 1.45. The number of nitrogens with zero attached hydrogens (tertiary/aromatic N) is 2. The van der Waals surface area contributed by atoms with E-state index in [2.05, 4.69) is 4.98 Å². The number of rotatable bonds is 5. The van der Waals surface area contributed by atoms with Crippen LogP contribution in [0, 0.1) is 0 Å². The van der Waals surface area contributed by atoms with Crippen LogP contribution in [0.25, 0.3) is 0 Å². The van der Waals surface area contributed by atoms with Crippen LogP contribution in [-0.2, 0) is 16.6 Å². The van der Waals surface area contributed by atoms with Gasteiger partial charge in [0, 0.05) is 25.4 Å². The molecule has 1 rings (SSSR count). The molecule has 0 amide bonds. The number of aromatic nitrogens is 2. The van der Waals surface area contributed by atoms with Crippen LogP contribution in [0.2, 0.25) is 0 Å². The standard InChI is InChI=1S/C9H12N2O4/c1-11-3-2-10-9(11)6(4-7(12)13)5-8(14)15/h2-3,6H,4-5H2,1H3,(H,12,13)(H,14,15). The monoisotopic (exact) mass is 212 g/mol. The smallest absolute Gasteiger partial charge is 0.304 e. The first-order valence-corrected chi connectivity index (χ1v) is 4.41. The van der Waals surface area contributed by atoms with E-state index in [-0.39, 0.29) is 12.8 Å². The van der Waals surface area contributed by atoms with Gasteiger partial charge in [0.25, 0.3) is 0 Å². The maximum Gasteiger partial charge on any atom is 0.304 e. The third kappa shape index (κ3) is 3.08. The SMILES string of the molecule is Cn1ccnc1C(CC(=O)O)CC(=O)O. The molecule has 6 heteroatoms. The molecule has 0 bridgehead atoms. The molecule has 0 aliphatic heterocycles. The van der Waals surface area contributed by atoms with Crippen molar-refractivity contribution in [3.63, 3.8) is 0 Å². The molecule has 0 spiro atoms. The van der Waals surface area contributed by atoms with Crippen LogP contribution >= 0.6 is 0 Å². The molecule has 1 aromatic heterocycles. The minimum Gasteiger partial charge on any atom is -0.481 e. The first-order valence-electron chi connectivity index (χ1n) is 4.41. The number of aryl methyl sites for hydroxylation is 1. The first kappa shape index (κ1) is 11.2. The Morgan fingerprint density at radius 3 is 2.27 bits per heavy atom. The Labute approximate surface area is 86.2 Å². The molecule has 15 heavy (non-hydrogen) atoms. The Hall–Kier alpha value is -1.85. The molecule has 0 aliphatic rings. The topological polar surface area (TPSA) is 92.4 Å². The Morgan fingerprint density at radius 1 is 1.40 bits per heavy atom. The summed E-state index contributed by atoms with van der Waals surface area (Å²) in [4.78, 5) is 25.1. The Bertz CT molecular complexity index is 356. The molecule has 0 unspecified atom stereocenters. The van der Waals surface area contributed by atoms with E-state index in [1.54, 1.807) is 17.8 Å². The van der Waals surface area contributed by atoms with E-state index in [0.29, 0.717) is 5.82 Å². The van der Waals surface area contributed by atoms with Crippen LogP contribution in [0.15, 0.2) is 12.4 Å². The highest BCUT2D eigenvalue weighted by Crippen LogP contribution is 2.21. The maximum atomic E-state index is 10.6. The minimum atomic E-state index is -1.02. The lowest BCUT2D eigenvalue weighted by atomic mass is 10.0. The van der Waals surface area contributed by atoms with Gasteiger partial charge in [0.1, 0.15) is 5.82 Å². The van der Waals surface area contributed by atoms with Gasteiger partial charge in [-0.15, -0.1) is 0 Å². The molecule has 0 aliphatic carbocycles. The van der Waals surface area contributed by atoms with Crippen molar-refractivity contribution in [2.24, 2.45) is 7.05 Å². The summed E-state index contributed by atoms with van der Waals surface area (Å²) >= 11 is 0. The number of hydrogen-bond donors (Lipinski definition) is 2. The molecular formula is C9H12N2O4. The van der Waals surface area contributed by atoms with Gasteiger partial charge >= 0.3 is 11.9 Å². The van der Waals surface area contributed by atoms with Gasteiger partial charge in [0.05, 0.1) is 12.8 Å². The molecule has 1 aromatic rings. The third-order valence-corrected chi connectivity index (χ3v) is 2.07. The first-order chi connectivity index (χ1) is 7.00. The number of aliphatic carboxylic acids is 2. The summed E-state index contributed by atoms with van der Waals surface area (Å²) < 4.78 is 1.64. The highest BCUT2D eigenvalue weighted by atomic mass is 16.4. The molecule has 0 radical (unpaired) electrons. The average Bonchev–Trinajstić information content (AvgIpc) is 2.48. The Morgan fingerprint density at radius 2 is 1.93 bits per heavy atom. The molecule has 82 valence electrons. The van der Waals surface area contributed by atoms with Gasteiger partial charge in [-0.25, -0.2) is 4.98 Å². The largest absolute Gasteiger partial charge is 0.481 e. The highest BCUT2D eigenvalue weighted by Gasteiger charge is 2.22. The van der Waals surface area contributed by atoms with Crippen molar-refractivity contribution in [2.75, 3.05) is 0 Å². The van der Waals surface area contributed by atoms with Gasteiger partial charge in [-0.3, -0.25) is 9.59 Å². The quantitative estimate of drug-likeness (QED) is 0.739. The van der Waals surface area contributed by atoms with Crippen LogP contribution < -0.4 is 0 Å². The van der Waals surface area contributed by atoms with Crippen molar-refractivity contribution >= 4 is 11.9 Å². The fraction of sp³-hybridized carbons (Fsp3) is 0.444. The summed E-state index contributed by atoms with van der Waals surface area (Å²) in [6.07, 6.45) is 2.73.